The summed E-state index contributed by atoms with van der Waals surface area (Å²) in [5.74, 6) is 0.214. The average Bonchev–Trinajstić information content (AvgIpc) is 2.85. The highest BCUT2D eigenvalue weighted by atomic mass is 16.5. The molecule has 1 aliphatic rings. The number of nitrogens with one attached hydrogen (secondary N) is 1. The van der Waals surface area contributed by atoms with Crippen molar-refractivity contribution in [1.29, 1.82) is 0 Å². The third-order valence-electron chi connectivity index (χ3n) is 6.43. The number of hydrogen-bond acceptors (Lipinski definition) is 4. The van der Waals surface area contributed by atoms with Crippen LogP contribution in [-0.4, -0.2) is 62.1 Å². The van der Waals surface area contributed by atoms with Gasteiger partial charge < -0.3 is 19.9 Å². The molecular formula is C27H37N3O3. The molecule has 6 nitrogen and oxygen atoms in total. The second-order valence-electron chi connectivity index (χ2n) is 8.82. The zero-order valence-corrected chi connectivity index (χ0v) is 20.0. The summed E-state index contributed by atoms with van der Waals surface area (Å²) in [4.78, 5) is 29.5. The van der Waals surface area contributed by atoms with Crippen molar-refractivity contribution < 1.29 is 14.3 Å². The Morgan fingerprint density at radius 3 is 2.27 bits per heavy atom. The first kappa shape index (κ1) is 24.9. The molecule has 2 amide bonds. The molecule has 0 saturated carbocycles. The third-order valence-corrected chi connectivity index (χ3v) is 6.43. The number of rotatable bonds is 11. The maximum atomic E-state index is 12.7. The van der Waals surface area contributed by atoms with E-state index in [0.717, 1.165) is 44.6 Å². The average molecular weight is 452 g/mol. The van der Waals surface area contributed by atoms with Gasteiger partial charge in [-0.1, -0.05) is 55.5 Å². The molecule has 0 aliphatic carbocycles. The monoisotopic (exact) mass is 451 g/mol. The molecule has 0 radical (unpaired) electrons. The Morgan fingerprint density at radius 1 is 1.03 bits per heavy atom. The number of anilines is 1. The summed E-state index contributed by atoms with van der Waals surface area (Å²) in [7, 11) is 1.69. The molecule has 1 heterocycles. The Kier molecular flexibility index (Phi) is 9.46. The quantitative estimate of drug-likeness (QED) is 0.566. The van der Waals surface area contributed by atoms with Crippen molar-refractivity contribution in [1.82, 2.24) is 10.2 Å². The predicted octanol–water partition coefficient (Wildman–Crippen LogP) is 3.66. The van der Waals surface area contributed by atoms with Crippen molar-refractivity contribution >= 4 is 17.5 Å². The van der Waals surface area contributed by atoms with Gasteiger partial charge in [-0.3, -0.25) is 9.59 Å². The van der Waals surface area contributed by atoms with Crippen LogP contribution in [0.25, 0.3) is 0 Å². The maximum absolute atomic E-state index is 12.7. The van der Waals surface area contributed by atoms with Crippen LogP contribution < -0.4 is 10.2 Å². The lowest BCUT2D eigenvalue weighted by atomic mass is 9.87. The number of para-hydroxylation sites is 1. The summed E-state index contributed by atoms with van der Waals surface area (Å²) in [5.41, 5.74) is 1.80. The zero-order valence-electron chi connectivity index (χ0n) is 20.0. The van der Waals surface area contributed by atoms with Crippen LogP contribution in [0, 0.1) is 0 Å². The van der Waals surface area contributed by atoms with Gasteiger partial charge >= 0.3 is 0 Å². The van der Waals surface area contributed by atoms with Gasteiger partial charge in [0.25, 0.3) is 0 Å². The van der Waals surface area contributed by atoms with Crippen LogP contribution in [0.5, 0.6) is 0 Å². The van der Waals surface area contributed by atoms with Gasteiger partial charge in [-0.05, 0) is 37.0 Å². The van der Waals surface area contributed by atoms with E-state index in [1.54, 1.807) is 7.11 Å². The number of nitrogens with zero attached hydrogens (tertiary/aromatic N) is 2. The number of hydrogen-bond donors (Lipinski definition) is 1. The molecule has 0 spiro atoms. The number of carbonyl (C=O) groups excluding carboxylic acids is 2. The molecule has 0 aromatic heterocycles. The summed E-state index contributed by atoms with van der Waals surface area (Å²) >= 11 is 0. The molecule has 1 fully saturated rings. The van der Waals surface area contributed by atoms with E-state index >= 15 is 0 Å². The lowest BCUT2D eigenvalue weighted by molar-refractivity contribution is -0.124. The van der Waals surface area contributed by atoms with Gasteiger partial charge in [0.05, 0.1) is 12.1 Å². The molecular weight excluding hydrogens is 414 g/mol. The molecule has 3 rings (SSSR count). The fraction of sp³-hybridized carbons (Fsp3) is 0.481. The molecule has 33 heavy (non-hydrogen) atoms. The fourth-order valence-corrected chi connectivity index (χ4v) is 4.49. The minimum atomic E-state index is -0.322. The lowest BCUT2D eigenvalue weighted by Crippen LogP contribution is -2.58. The minimum Gasteiger partial charge on any atom is -0.382 e. The Hall–Kier alpha value is -2.70. The molecule has 2 aromatic carbocycles. The summed E-state index contributed by atoms with van der Waals surface area (Å²) in [6, 6.07) is 20.0. The van der Waals surface area contributed by atoms with Crippen LogP contribution in [0.4, 0.5) is 5.69 Å². The van der Waals surface area contributed by atoms with Gasteiger partial charge in [0.15, 0.2) is 0 Å². The second-order valence-corrected chi connectivity index (χ2v) is 8.82. The van der Waals surface area contributed by atoms with E-state index < -0.39 is 0 Å². The molecule has 0 atom stereocenters. The SMILES string of the molecule is CCC(=O)N(CCN1CCC(COC)(NC(=O)CCc2ccccc2)CC1)c1ccccc1. The molecule has 1 saturated heterocycles. The number of likely N-dealkylation sites (tertiary alicyclic amines) is 1. The Morgan fingerprint density at radius 2 is 1.67 bits per heavy atom. The molecule has 0 bridgehead atoms. The van der Waals surface area contributed by atoms with Crippen molar-refractivity contribution in [3.63, 3.8) is 0 Å². The highest BCUT2D eigenvalue weighted by molar-refractivity contribution is 5.93. The second kappa shape index (κ2) is 12.5. The van der Waals surface area contributed by atoms with Gasteiger partial charge in [-0.25, -0.2) is 0 Å². The minimum absolute atomic E-state index is 0.0770. The first-order valence-corrected chi connectivity index (χ1v) is 12.0. The van der Waals surface area contributed by atoms with Crippen LogP contribution in [-0.2, 0) is 20.7 Å². The van der Waals surface area contributed by atoms with Crippen molar-refractivity contribution in [2.24, 2.45) is 0 Å². The van der Waals surface area contributed by atoms with Crippen LogP contribution in [0.3, 0.4) is 0 Å². The largest absolute Gasteiger partial charge is 0.382 e. The van der Waals surface area contributed by atoms with E-state index in [0.29, 0.717) is 26.0 Å². The van der Waals surface area contributed by atoms with Crippen LogP contribution >= 0.6 is 0 Å². The Labute approximate surface area is 197 Å². The molecule has 1 aliphatic heterocycles. The number of amides is 2. The highest BCUT2D eigenvalue weighted by Gasteiger charge is 2.36. The topological polar surface area (TPSA) is 61.9 Å². The number of carbonyl (C=O) groups is 2. The Balaban J connectivity index is 1.51. The van der Waals surface area contributed by atoms with Crippen molar-refractivity contribution in [2.75, 3.05) is 44.8 Å². The number of aryl methyl sites for hydroxylation is 1. The number of benzene rings is 2. The van der Waals surface area contributed by atoms with Crippen molar-refractivity contribution in [3.05, 3.63) is 66.2 Å². The van der Waals surface area contributed by atoms with Gasteiger partial charge in [0, 0.05) is 51.8 Å². The van der Waals surface area contributed by atoms with E-state index in [1.165, 1.54) is 5.56 Å². The van der Waals surface area contributed by atoms with Gasteiger partial charge in [0.2, 0.25) is 11.8 Å². The van der Waals surface area contributed by atoms with E-state index in [4.69, 9.17) is 4.74 Å². The zero-order chi connectivity index (χ0) is 23.5. The van der Waals surface area contributed by atoms with Crippen molar-refractivity contribution in [3.8, 4) is 0 Å². The number of methoxy groups -OCH3 is 1. The van der Waals surface area contributed by atoms with Crippen molar-refractivity contribution in [2.45, 2.75) is 44.6 Å². The van der Waals surface area contributed by atoms with E-state index in [2.05, 4.69) is 22.3 Å². The van der Waals surface area contributed by atoms with Crippen LogP contribution in [0.1, 0.15) is 38.2 Å². The molecule has 6 heteroatoms. The standard InChI is InChI=1S/C27H37N3O3/c1-3-26(32)30(24-12-8-5-9-13-24)21-20-29-18-16-27(17-19-29,22-33-2)28-25(31)15-14-23-10-6-4-7-11-23/h4-13H,3,14-22H2,1-2H3,(H,28,31). The Bertz CT molecular complexity index is 865. The predicted molar refractivity (Wildman–Crippen MR) is 132 cm³/mol. The van der Waals surface area contributed by atoms with Gasteiger partial charge in [-0.15, -0.1) is 0 Å². The summed E-state index contributed by atoms with van der Waals surface area (Å²) < 4.78 is 5.50. The summed E-state index contributed by atoms with van der Waals surface area (Å²) in [6.45, 7) is 5.63. The smallest absolute Gasteiger partial charge is 0.226 e. The van der Waals surface area contributed by atoms with E-state index in [-0.39, 0.29) is 17.4 Å². The number of piperidine rings is 1. The molecule has 0 unspecified atom stereocenters. The van der Waals surface area contributed by atoms with E-state index in [1.807, 2.05) is 60.4 Å². The normalized spacial score (nSPS) is 15.7. The molecule has 2 aromatic rings. The molecule has 1 N–H and O–H groups in total. The highest BCUT2D eigenvalue weighted by Crippen LogP contribution is 2.24. The third kappa shape index (κ3) is 7.41. The van der Waals surface area contributed by atoms with Crippen LogP contribution in [0.15, 0.2) is 60.7 Å². The van der Waals surface area contributed by atoms with Gasteiger partial charge in [0.1, 0.15) is 0 Å². The first-order chi connectivity index (χ1) is 16.0. The summed E-state index contributed by atoms with van der Waals surface area (Å²) in [6.07, 6.45) is 3.38. The fourth-order valence-electron chi connectivity index (χ4n) is 4.49. The first-order valence-electron chi connectivity index (χ1n) is 12.0. The molecule has 178 valence electrons. The van der Waals surface area contributed by atoms with Gasteiger partial charge in [-0.2, -0.15) is 0 Å². The lowest BCUT2D eigenvalue weighted by Gasteiger charge is -2.42. The van der Waals surface area contributed by atoms with Crippen LogP contribution in [0.2, 0.25) is 0 Å². The number of ether oxygens (including phenoxy) is 1. The summed E-state index contributed by atoms with van der Waals surface area (Å²) in [5, 5.41) is 3.29. The maximum Gasteiger partial charge on any atom is 0.226 e. The van der Waals surface area contributed by atoms with E-state index in [9.17, 15) is 9.59 Å².